The third kappa shape index (κ3) is 4.92. The highest BCUT2D eigenvalue weighted by Crippen LogP contribution is 2.10. The van der Waals surface area contributed by atoms with Crippen LogP contribution in [0.2, 0.25) is 0 Å². The van der Waals surface area contributed by atoms with Gasteiger partial charge in [-0.3, -0.25) is 5.43 Å². The first-order valence-electron chi connectivity index (χ1n) is 6.71. The van der Waals surface area contributed by atoms with Crippen LogP contribution in [0.4, 0.5) is 0 Å². The second-order valence-corrected chi connectivity index (χ2v) is 6.98. The number of thiocarbonyl (C=S) groups is 1. The fourth-order valence-electron chi connectivity index (χ4n) is 1.95. The fourth-order valence-corrected chi connectivity index (χ4v) is 2.99. The van der Waals surface area contributed by atoms with Crippen molar-refractivity contribution in [2.75, 3.05) is 13.2 Å². The molecule has 8 heteroatoms. The Labute approximate surface area is 130 Å². The summed E-state index contributed by atoms with van der Waals surface area (Å²) in [4.78, 5) is 2.43. The molecule has 116 valence electrons. The lowest BCUT2D eigenvalue weighted by Crippen LogP contribution is -2.48. The molecule has 6 nitrogen and oxygen atoms in total. The Bertz CT molecular complexity index is 581. The summed E-state index contributed by atoms with van der Waals surface area (Å²) in [5.41, 5.74) is 3.48. The van der Waals surface area contributed by atoms with Crippen molar-refractivity contribution in [3.8, 4) is 0 Å². The maximum absolute atomic E-state index is 12.0. The Balaban J connectivity index is 1.80. The molecule has 3 N–H and O–H groups in total. The van der Waals surface area contributed by atoms with Gasteiger partial charge in [-0.2, -0.15) is 0 Å². The van der Waals surface area contributed by atoms with Crippen molar-refractivity contribution < 1.29 is 13.2 Å². The molecule has 0 bridgehead atoms. The van der Waals surface area contributed by atoms with Gasteiger partial charge in [0.15, 0.2) is 5.11 Å². The maximum Gasteiger partial charge on any atom is 0.257 e. The van der Waals surface area contributed by atoms with Gasteiger partial charge in [0.05, 0.1) is 11.0 Å². The summed E-state index contributed by atoms with van der Waals surface area (Å²) < 4.78 is 29.5. The number of ether oxygens (including phenoxy) is 1. The van der Waals surface area contributed by atoms with Gasteiger partial charge in [0.1, 0.15) is 0 Å². The molecule has 1 aromatic carbocycles. The van der Waals surface area contributed by atoms with Crippen LogP contribution in [0, 0.1) is 6.92 Å². The Morgan fingerprint density at radius 3 is 2.71 bits per heavy atom. The van der Waals surface area contributed by atoms with Gasteiger partial charge < -0.3 is 10.1 Å². The first-order chi connectivity index (χ1) is 9.97. The van der Waals surface area contributed by atoms with E-state index >= 15 is 0 Å². The minimum atomic E-state index is -3.63. The van der Waals surface area contributed by atoms with E-state index in [1.165, 1.54) is 0 Å². The van der Waals surface area contributed by atoms with Gasteiger partial charge in [0.2, 0.25) is 0 Å². The molecular formula is C13H19N3O3S2. The van der Waals surface area contributed by atoms with Crippen molar-refractivity contribution in [3.05, 3.63) is 29.8 Å². The summed E-state index contributed by atoms with van der Waals surface area (Å²) in [7, 11) is -3.63. The minimum absolute atomic E-state index is 0.137. The van der Waals surface area contributed by atoms with Crippen LogP contribution in [-0.2, 0) is 14.8 Å². The van der Waals surface area contributed by atoms with E-state index in [1.807, 2.05) is 6.92 Å². The number of hydrazine groups is 1. The van der Waals surface area contributed by atoms with Gasteiger partial charge in [-0.05, 0) is 44.1 Å². The van der Waals surface area contributed by atoms with Crippen LogP contribution in [0.5, 0.6) is 0 Å². The zero-order valence-corrected chi connectivity index (χ0v) is 13.4. The van der Waals surface area contributed by atoms with Gasteiger partial charge in [0, 0.05) is 13.2 Å². The first-order valence-corrected chi connectivity index (χ1v) is 8.60. The molecule has 1 heterocycles. The second-order valence-electron chi connectivity index (χ2n) is 4.89. The van der Waals surface area contributed by atoms with Crippen LogP contribution < -0.4 is 15.6 Å². The number of benzene rings is 1. The Morgan fingerprint density at radius 1 is 1.38 bits per heavy atom. The molecule has 2 rings (SSSR count). The SMILES string of the molecule is Cc1ccc(S(=O)(=O)NNC(=S)NC[C@@H]2CCCO2)cc1. The van der Waals surface area contributed by atoms with E-state index in [4.69, 9.17) is 17.0 Å². The first kappa shape index (κ1) is 16.2. The summed E-state index contributed by atoms with van der Waals surface area (Å²) in [6.45, 7) is 3.23. The molecule has 1 aliphatic heterocycles. The number of hydrogen-bond donors (Lipinski definition) is 3. The molecule has 1 atom stereocenters. The quantitative estimate of drug-likeness (QED) is 0.549. The second kappa shape index (κ2) is 7.17. The lowest BCUT2D eigenvalue weighted by Gasteiger charge is -2.14. The summed E-state index contributed by atoms with van der Waals surface area (Å²) in [5, 5.41) is 3.15. The number of nitrogens with one attached hydrogen (secondary N) is 3. The average molecular weight is 329 g/mol. The van der Waals surface area contributed by atoms with Crippen LogP contribution in [0.15, 0.2) is 29.2 Å². The molecular weight excluding hydrogens is 310 g/mol. The lowest BCUT2D eigenvalue weighted by molar-refractivity contribution is 0.114. The molecule has 1 aliphatic rings. The molecule has 0 aromatic heterocycles. The molecule has 0 radical (unpaired) electrons. The van der Waals surface area contributed by atoms with Gasteiger partial charge in [0.25, 0.3) is 10.0 Å². The molecule has 0 aliphatic carbocycles. The largest absolute Gasteiger partial charge is 0.376 e. The lowest BCUT2D eigenvalue weighted by atomic mass is 10.2. The zero-order chi connectivity index (χ0) is 15.3. The van der Waals surface area contributed by atoms with Crippen molar-refractivity contribution in [2.24, 2.45) is 0 Å². The molecule has 0 unspecified atom stereocenters. The van der Waals surface area contributed by atoms with E-state index in [9.17, 15) is 8.42 Å². The summed E-state index contributed by atoms with van der Waals surface area (Å²) in [6.07, 6.45) is 2.18. The maximum atomic E-state index is 12.0. The van der Waals surface area contributed by atoms with Gasteiger partial charge in [-0.15, -0.1) is 4.83 Å². The van der Waals surface area contributed by atoms with E-state index in [-0.39, 0.29) is 16.1 Å². The third-order valence-corrected chi connectivity index (χ3v) is 4.65. The summed E-state index contributed by atoms with van der Waals surface area (Å²) in [6, 6.07) is 6.56. The van der Waals surface area contributed by atoms with Crippen LogP contribution >= 0.6 is 12.2 Å². The summed E-state index contributed by atoms with van der Waals surface area (Å²) >= 11 is 5.02. The highest BCUT2D eigenvalue weighted by atomic mass is 32.2. The van der Waals surface area contributed by atoms with Crippen LogP contribution in [0.25, 0.3) is 0 Å². The molecule has 1 saturated heterocycles. The number of aryl methyl sites for hydroxylation is 1. The molecule has 0 saturated carbocycles. The number of rotatable bonds is 5. The Hall–Kier alpha value is -1.22. The monoisotopic (exact) mass is 329 g/mol. The van der Waals surface area contributed by atoms with Gasteiger partial charge in [-0.1, -0.05) is 17.7 Å². The van der Waals surface area contributed by atoms with Crippen molar-refractivity contribution in [1.29, 1.82) is 0 Å². The van der Waals surface area contributed by atoms with Gasteiger partial charge >= 0.3 is 0 Å². The number of sulfonamides is 1. The molecule has 0 spiro atoms. The van der Waals surface area contributed by atoms with Gasteiger partial charge in [-0.25, -0.2) is 8.42 Å². The van der Waals surface area contributed by atoms with Crippen molar-refractivity contribution in [1.82, 2.24) is 15.6 Å². The normalized spacial score (nSPS) is 18.4. The van der Waals surface area contributed by atoms with E-state index in [0.29, 0.717) is 6.54 Å². The predicted octanol–water partition coefficient (Wildman–Crippen LogP) is 0.831. The highest BCUT2D eigenvalue weighted by Gasteiger charge is 2.16. The summed E-state index contributed by atoms with van der Waals surface area (Å²) in [5.74, 6) is 0. The van der Waals surface area contributed by atoms with E-state index in [1.54, 1.807) is 24.3 Å². The van der Waals surface area contributed by atoms with Crippen LogP contribution in [0.1, 0.15) is 18.4 Å². The molecule has 21 heavy (non-hydrogen) atoms. The van der Waals surface area contributed by atoms with E-state index < -0.39 is 10.0 Å². The Kier molecular flexibility index (Phi) is 5.51. The van der Waals surface area contributed by atoms with E-state index in [0.717, 1.165) is 25.0 Å². The molecule has 1 aromatic rings. The smallest absolute Gasteiger partial charge is 0.257 e. The van der Waals surface area contributed by atoms with Crippen LogP contribution in [-0.4, -0.2) is 32.8 Å². The van der Waals surface area contributed by atoms with Crippen LogP contribution in [0.3, 0.4) is 0 Å². The molecule has 1 fully saturated rings. The fraction of sp³-hybridized carbons (Fsp3) is 0.462. The highest BCUT2D eigenvalue weighted by molar-refractivity contribution is 7.89. The van der Waals surface area contributed by atoms with E-state index in [2.05, 4.69) is 15.6 Å². The third-order valence-electron chi connectivity index (χ3n) is 3.14. The Morgan fingerprint density at radius 2 is 2.10 bits per heavy atom. The predicted molar refractivity (Wildman–Crippen MR) is 84.2 cm³/mol. The zero-order valence-electron chi connectivity index (χ0n) is 11.8. The molecule has 0 amide bonds. The topological polar surface area (TPSA) is 79.5 Å². The number of hydrogen-bond acceptors (Lipinski definition) is 4. The minimum Gasteiger partial charge on any atom is -0.376 e. The van der Waals surface area contributed by atoms with Crippen molar-refractivity contribution in [3.63, 3.8) is 0 Å². The average Bonchev–Trinajstić information content (AvgIpc) is 2.97. The van der Waals surface area contributed by atoms with Crippen molar-refractivity contribution in [2.45, 2.75) is 30.8 Å². The van der Waals surface area contributed by atoms with Crippen molar-refractivity contribution >= 4 is 27.4 Å². The standard InChI is InChI=1S/C13H19N3O3S2/c1-10-4-6-12(7-5-10)21(17,18)16-15-13(20)14-9-11-3-2-8-19-11/h4-7,11,16H,2-3,8-9H2,1H3,(H2,14,15,20)/t11-/m0/s1.